The highest BCUT2D eigenvalue weighted by Crippen LogP contribution is 2.31. The molecule has 3 rings (SSSR count). The maximum atomic E-state index is 13.2. The fraction of sp³-hybridized carbons (Fsp3) is 0.643. The second-order valence-electron chi connectivity index (χ2n) is 15.2. The third kappa shape index (κ3) is 19.1. The van der Waals surface area contributed by atoms with Crippen LogP contribution in [0.4, 0.5) is 5.69 Å². The monoisotopic (exact) mass is 904 g/mol. The van der Waals surface area contributed by atoms with E-state index in [-0.39, 0.29) is 74.4 Å². The van der Waals surface area contributed by atoms with Gasteiger partial charge in [-0.1, -0.05) is 19.9 Å². The zero-order valence-corrected chi connectivity index (χ0v) is 36.9. The highest BCUT2D eigenvalue weighted by Gasteiger charge is 2.40. The van der Waals surface area contributed by atoms with Gasteiger partial charge in [0.2, 0.25) is 41.9 Å². The summed E-state index contributed by atoms with van der Waals surface area (Å²) >= 11 is 0. The number of ether oxygens (including phenoxy) is 5. The topological polar surface area (TPSA) is 287 Å². The van der Waals surface area contributed by atoms with Crippen LogP contribution in [0.5, 0.6) is 0 Å². The Morgan fingerprint density at radius 2 is 1.36 bits per heavy atom. The Morgan fingerprint density at radius 1 is 0.734 bits per heavy atom. The molecule has 22 heteroatoms. The zero-order valence-electron chi connectivity index (χ0n) is 36.9. The van der Waals surface area contributed by atoms with Gasteiger partial charge in [0, 0.05) is 50.1 Å². The van der Waals surface area contributed by atoms with Crippen LogP contribution < -0.4 is 37.2 Å². The predicted octanol–water partition coefficient (Wildman–Crippen LogP) is -1.38. The van der Waals surface area contributed by atoms with Crippen molar-refractivity contribution >= 4 is 59.4 Å². The molecule has 2 heterocycles. The van der Waals surface area contributed by atoms with Crippen LogP contribution in [0.25, 0.3) is 0 Å². The quantitative estimate of drug-likeness (QED) is 0.0239. The van der Waals surface area contributed by atoms with Gasteiger partial charge in [-0.3, -0.25) is 53.4 Å². The van der Waals surface area contributed by atoms with Crippen molar-refractivity contribution < 1.29 is 66.8 Å². The maximum Gasteiger partial charge on any atom is 0.263 e. The van der Waals surface area contributed by atoms with Gasteiger partial charge in [-0.05, 0) is 44.2 Å². The summed E-state index contributed by atoms with van der Waals surface area (Å²) in [6.07, 6.45) is 1.76. The van der Waals surface area contributed by atoms with Gasteiger partial charge in [-0.2, -0.15) is 0 Å². The van der Waals surface area contributed by atoms with Crippen LogP contribution in [0.2, 0.25) is 0 Å². The molecule has 0 radical (unpaired) electrons. The van der Waals surface area contributed by atoms with E-state index < -0.39 is 53.4 Å². The second kappa shape index (κ2) is 29.7. The number of carbonyl (C=O) groups excluding carboxylic acids is 9. The summed E-state index contributed by atoms with van der Waals surface area (Å²) < 4.78 is 27.5. The SMILES string of the molecule is CC(C)C(NC(=O)CNC(=O)CCOCCOCCOCCOCCOCCNc1cccc2c1C(=O)N(C(C)CCC(=O)NC=O)C2=O)C(=O)NCC(=O)NCCC1CCNC1=O. The van der Waals surface area contributed by atoms with E-state index in [0.29, 0.717) is 91.0 Å². The number of hydrogen-bond acceptors (Lipinski definition) is 15. The number of amides is 9. The van der Waals surface area contributed by atoms with E-state index in [1.807, 2.05) is 5.32 Å². The molecule has 0 saturated carbocycles. The minimum atomic E-state index is -0.916. The average Bonchev–Trinajstić information content (AvgIpc) is 3.80. The molecule has 0 aliphatic carbocycles. The van der Waals surface area contributed by atoms with Crippen LogP contribution in [0.3, 0.4) is 0 Å². The Balaban J connectivity index is 1.11. The van der Waals surface area contributed by atoms with Crippen molar-refractivity contribution in [3.05, 3.63) is 29.3 Å². The summed E-state index contributed by atoms with van der Waals surface area (Å²) in [6.45, 7) is 8.93. The van der Waals surface area contributed by atoms with Crippen LogP contribution in [0.1, 0.15) is 73.6 Å². The van der Waals surface area contributed by atoms with Crippen molar-refractivity contribution in [3.63, 3.8) is 0 Å². The minimum Gasteiger partial charge on any atom is -0.382 e. The van der Waals surface area contributed by atoms with Crippen molar-refractivity contribution in [2.45, 2.75) is 65.0 Å². The van der Waals surface area contributed by atoms with E-state index in [1.54, 1.807) is 39.0 Å². The smallest absolute Gasteiger partial charge is 0.263 e. The van der Waals surface area contributed by atoms with E-state index in [1.165, 1.54) is 0 Å². The molecule has 2 aliphatic heterocycles. The number of anilines is 1. The number of imide groups is 2. The Bertz CT molecular complexity index is 1730. The molecule has 356 valence electrons. The molecular weight excluding hydrogens is 841 g/mol. The number of hydrogen-bond donors (Lipinski definition) is 7. The first-order valence-corrected chi connectivity index (χ1v) is 21.6. The standard InChI is InChI=1S/C42H64N8O14/c1-28(2)38(40(57)47-25-35(54)44-12-9-30-10-13-45-39(30)56)49-36(55)26-46-34(53)11-15-60-17-19-62-21-23-64-24-22-63-20-18-61-16-14-43-32-6-4-5-31-37(32)42(59)50(41(31)58)29(3)7-8-33(52)48-27-51/h4-6,27-30,38,43H,7-26H2,1-3H3,(H,44,54)(H,45,56)(H,46,53)(H,47,57)(H,49,55)(H,48,51,52). The summed E-state index contributed by atoms with van der Waals surface area (Å²) in [5, 5.41) is 18.2. The summed E-state index contributed by atoms with van der Waals surface area (Å²) in [5.74, 6) is -3.71. The van der Waals surface area contributed by atoms with Gasteiger partial charge in [0.15, 0.2) is 0 Å². The Kier molecular flexibility index (Phi) is 24.5. The molecule has 0 spiro atoms. The normalized spacial score (nSPS) is 15.3. The molecule has 0 bridgehead atoms. The van der Waals surface area contributed by atoms with Crippen molar-refractivity contribution in [1.29, 1.82) is 0 Å². The highest BCUT2D eigenvalue weighted by atomic mass is 16.6. The van der Waals surface area contributed by atoms with Crippen LogP contribution in [0, 0.1) is 11.8 Å². The lowest BCUT2D eigenvalue weighted by molar-refractivity contribution is -0.132. The van der Waals surface area contributed by atoms with Gasteiger partial charge >= 0.3 is 0 Å². The zero-order chi connectivity index (χ0) is 46.7. The van der Waals surface area contributed by atoms with Crippen molar-refractivity contribution in [2.24, 2.45) is 11.8 Å². The lowest BCUT2D eigenvalue weighted by atomic mass is 10.0. The first-order chi connectivity index (χ1) is 30.8. The predicted molar refractivity (Wildman–Crippen MR) is 229 cm³/mol. The van der Waals surface area contributed by atoms with Crippen LogP contribution >= 0.6 is 0 Å². The second-order valence-corrected chi connectivity index (χ2v) is 15.2. The van der Waals surface area contributed by atoms with Crippen molar-refractivity contribution in [3.8, 4) is 0 Å². The Labute approximate surface area is 372 Å². The number of fused-ring (bicyclic) bond motifs is 1. The van der Waals surface area contributed by atoms with Gasteiger partial charge in [0.25, 0.3) is 11.8 Å². The molecule has 1 fully saturated rings. The van der Waals surface area contributed by atoms with Gasteiger partial charge < -0.3 is 55.6 Å². The van der Waals surface area contributed by atoms with E-state index in [0.717, 1.165) is 11.3 Å². The van der Waals surface area contributed by atoms with Crippen LogP contribution in [-0.2, 0) is 57.2 Å². The van der Waals surface area contributed by atoms with Crippen molar-refractivity contribution in [2.75, 3.05) is 104 Å². The summed E-state index contributed by atoms with van der Waals surface area (Å²) in [6, 6.07) is 3.53. The van der Waals surface area contributed by atoms with Crippen molar-refractivity contribution in [1.82, 2.24) is 36.8 Å². The molecule has 0 aromatic heterocycles. The maximum absolute atomic E-state index is 13.2. The lowest BCUT2D eigenvalue weighted by Gasteiger charge is -2.22. The number of nitrogens with zero attached hydrogens (tertiary/aromatic N) is 1. The average molecular weight is 905 g/mol. The number of benzene rings is 1. The molecule has 7 N–H and O–H groups in total. The molecule has 1 aromatic rings. The molecule has 1 saturated heterocycles. The molecule has 9 amide bonds. The van der Waals surface area contributed by atoms with E-state index in [2.05, 4.69) is 31.9 Å². The summed E-state index contributed by atoms with van der Waals surface area (Å²) in [5.41, 5.74) is 1.06. The number of carbonyl (C=O) groups is 9. The number of rotatable bonds is 34. The van der Waals surface area contributed by atoms with Gasteiger partial charge in [0.1, 0.15) is 6.04 Å². The Hall–Kier alpha value is -5.55. The van der Waals surface area contributed by atoms with Crippen LogP contribution in [-0.4, -0.2) is 169 Å². The largest absolute Gasteiger partial charge is 0.382 e. The minimum absolute atomic E-state index is 0.00687. The first-order valence-electron chi connectivity index (χ1n) is 21.6. The van der Waals surface area contributed by atoms with Gasteiger partial charge in [0.05, 0.1) is 90.3 Å². The lowest BCUT2D eigenvalue weighted by Crippen LogP contribution is -2.53. The molecule has 3 unspecified atom stereocenters. The molecule has 1 aromatic carbocycles. The number of nitrogens with one attached hydrogen (secondary N) is 7. The molecular formula is C42H64N8O14. The molecule has 3 atom stereocenters. The highest BCUT2D eigenvalue weighted by molar-refractivity contribution is 6.24. The fourth-order valence-corrected chi connectivity index (χ4v) is 6.54. The Morgan fingerprint density at radius 3 is 1.97 bits per heavy atom. The fourth-order valence-electron chi connectivity index (χ4n) is 6.54. The van der Waals surface area contributed by atoms with Gasteiger partial charge in [-0.15, -0.1) is 0 Å². The van der Waals surface area contributed by atoms with Gasteiger partial charge in [-0.25, -0.2) is 0 Å². The molecule has 64 heavy (non-hydrogen) atoms. The third-order valence-electron chi connectivity index (χ3n) is 10.0. The molecule has 22 nitrogen and oxygen atoms in total. The third-order valence-corrected chi connectivity index (χ3v) is 10.0. The summed E-state index contributed by atoms with van der Waals surface area (Å²) in [7, 11) is 0. The van der Waals surface area contributed by atoms with E-state index in [4.69, 9.17) is 23.7 Å². The van der Waals surface area contributed by atoms with Crippen LogP contribution in [0.15, 0.2) is 18.2 Å². The summed E-state index contributed by atoms with van der Waals surface area (Å²) in [4.78, 5) is 110. The van der Waals surface area contributed by atoms with E-state index >= 15 is 0 Å². The van der Waals surface area contributed by atoms with E-state index in [9.17, 15) is 43.2 Å². The first kappa shape index (κ1) is 52.8. The molecule has 2 aliphatic rings.